The molecule has 0 saturated carbocycles. The summed E-state index contributed by atoms with van der Waals surface area (Å²) < 4.78 is 1.88. The first-order chi connectivity index (χ1) is 8.34. The van der Waals surface area contributed by atoms with Crippen LogP contribution in [0.25, 0.3) is 10.9 Å². The van der Waals surface area contributed by atoms with Gasteiger partial charge in [0.05, 0.1) is 11.1 Å². The third kappa shape index (κ3) is 1.61. The second-order valence-corrected chi connectivity index (χ2v) is 4.63. The fourth-order valence-corrected chi connectivity index (χ4v) is 2.52. The van der Waals surface area contributed by atoms with E-state index in [0.717, 1.165) is 22.0 Å². The standard InChI is InChI=1S/C14H15NO3/c1-7-5-8(2)12-10(6-7)11(9(3)15(12)4)13(16)14(17)18/h5-6H,1-4H3,(H,17,18). The number of aryl methyl sites for hydroxylation is 3. The van der Waals surface area contributed by atoms with Gasteiger partial charge >= 0.3 is 5.97 Å². The monoisotopic (exact) mass is 245 g/mol. The number of carboxylic acids is 1. The van der Waals surface area contributed by atoms with Crippen LogP contribution in [0.2, 0.25) is 0 Å². The molecule has 18 heavy (non-hydrogen) atoms. The van der Waals surface area contributed by atoms with Crippen molar-refractivity contribution in [2.45, 2.75) is 20.8 Å². The number of benzene rings is 1. The normalized spacial score (nSPS) is 10.9. The van der Waals surface area contributed by atoms with Gasteiger partial charge in [0.15, 0.2) is 0 Å². The Morgan fingerprint density at radius 3 is 2.33 bits per heavy atom. The van der Waals surface area contributed by atoms with Crippen LogP contribution in [0.15, 0.2) is 12.1 Å². The summed E-state index contributed by atoms with van der Waals surface area (Å²) in [6, 6.07) is 3.89. The highest BCUT2D eigenvalue weighted by Crippen LogP contribution is 2.29. The molecule has 1 aromatic heterocycles. The van der Waals surface area contributed by atoms with Gasteiger partial charge in [-0.1, -0.05) is 11.6 Å². The van der Waals surface area contributed by atoms with Crippen LogP contribution in [-0.4, -0.2) is 21.4 Å². The van der Waals surface area contributed by atoms with E-state index in [9.17, 15) is 9.59 Å². The summed E-state index contributed by atoms with van der Waals surface area (Å²) in [5.41, 5.74) is 3.96. The number of carboxylic acid groups (broad SMARTS) is 1. The van der Waals surface area contributed by atoms with Crippen molar-refractivity contribution in [2.75, 3.05) is 0 Å². The second-order valence-electron chi connectivity index (χ2n) is 4.63. The molecule has 0 unspecified atom stereocenters. The van der Waals surface area contributed by atoms with Crippen molar-refractivity contribution >= 4 is 22.7 Å². The average molecular weight is 245 g/mol. The summed E-state index contributed by atoms with van der Waals surface area (Å²) in [7, 11) is 1.85. The van der Waals surface area contributed by atoms with Crippen LogP contribution in [-0.2, 0) is 11.8 Å². The van der Waals surface area contributed by atoms with Crippen molar-refractivity contribution in [3.05, 3.63) is 34.5 Å². The zero-order valence-corrected chi connectivity index (χ0v) is 10.9. The number of carbonyl (C=O) groups excluding carboxylic acids is 1. The topological polar surface area (TPSA) is 59.3 Å². The van der Waals surface area contributed by atoms with Gasteiger partial charge in [-0.05, 0) is 32.4 Å². The number of hydrogen-bond acceptors (Lipinski definition) is 2. The van der Waals surface area contributed by atoms with Gasteiger partial charge in [0.2, 0.25) is 0 Å². The number of ketones is 1. The lowest BCUT2D eigenvalue weighted by atomic mass is 10.0. The van der Waals surface area contributed by atoms with Crippen molar-refractivity contribution in [1.82, 2.24) is 4.57 Å². The molecule has 0 amide bonds. The van der Waals surface area contributed by atoms with Crippen molar-refractivity contribution < 1.29 is 14.7 Å². The van der Waals surface area contributed by atoms with Crippen LogP contribution in [0.3, 0.4) is 0 Å². The van der Waals surface area contributed by atoms with Crippen LogP contribution >= 0.6 is 0 Å². The fraction of sp³-hybridized carbons (Fsp3) is 0.286. The lowest BCUT2D eigenvalue weighted by Gasteiger charge is -2.03. The molecule has 0 radical (unpaired) electrons. The number of nitrogens with zero attached hydrogens (tertiary/aromatic N) is 1. The molecule has 1 N–H and O–H groups in total. The molecule has 4 heteroatoms. The molecule has 4 nitrogen and oxygen atoms in total. The molecule has 0 bridgehead atoms. The lowest BCUT2D eigenvalue weighted by Crippen LogP contribution is -2.13. The Morgan fingerprint density at radius 2 is 1.78 bits per heavy atom. The molecular weight excluding hydrogens is 230 g/mol. The van der Waals surface area contributed by atoms with Gasteiger partial charge in [-0.2, -0.15) is 0 Å². The minimum Gasteiger partial charge on any atom is -0.475 e. The number of aromatic nitrogens is 1. The minimum absolute atomic E-state index is 0.298. The first-order valence-electron chi connectivity index (χ1n) is 5.68. The molecule has 0 aliphatic heterocycles. The van der Waals surface area contributed by atoms with Gasteiger partial charge in [-0.3, -0.25) is 4.79 Å². The van der Waals surface area contributed by atoms with E-state index in [1.54, 1.807) is 6.92 Å². The number of carbonyl (C=O) groups is 2. The maximum absolute atomic E-state index is 11.8. The Bertz CT molecular complexity index is 680. The molecule has 1 aromatic carbocycles. The Morgan fingerprint density at radius 1 is 1.17 bits per heavy atom. The Kier molecular flexibility index (Phi) is 2.73. The van der Waals surface area contributed by atoms with Crippen LogP contribution in [0.4, 0.5) is 0 Å². The molecule has 0 saturated heterocycles. The predicted octanol–water partition coefficient (Wildman–Crippen LogP) is 2.37. The Hall–Kier alpha value is -2.10. The maximum atomic E-state index is 11.8. The Labute approximate surface area is 105 Å². The minimum atomic E-state index is -1.41. The molecule has 94 valence electrons. The fourth-order valence-electron chi connectivity index (χ4n) is 2.52. The van der Waals surface area contributed by atoms with Crippen molar-refractivity contribution in [3.8, 4) is 0 Å². The van der Waals surface area contributed by atoms with E-state index < -0.39 is 11.8 Å². The zero-order valence-electron chi connectivity index (χ0n) is 10.9. The van der Waals surface area contributed by atoms with Gasteiger partial charge in [-0.15, -0.1) is 0 Å². The molecule has 0 fully saturated rings. The molecule has 0 aliphatic rings. The van der Waals surface area contributed by atoms with Crippen LogP contribution in [0.1, 0.15) is 27.2 Å². The first kappa shape index (κ1) is 12.4. The molecule has 1 heterocycles. The van der Waals surface area contributed by atoms with Crippen molar-refractivity contribution in [1.29, 1.82) is 0 Å². The third-order valence-electron chi connectivity index (χ3n) is 3.34. The third-order valence-corrected chi connectivity index (χ3v) is 3.34. The van der Waals surface area contributed by atoms with Gasteiger partial charge < -0.3 is 9.67 Å². The summed E-state index contributed by atoms with van der Waals surface area (Å²) in [5.74, 6) is -2.26. The first-order valence-corrected chi connectivity index (χ1v) is 5.68. The summed E-state index contributed by atoms with van der Waals surface area (Å²) in [6.45, 7) is 5.67. The smallest absolute Gasteiger partial charge is 0.377 e. The van der Waals surface area contributed by atoms with Crippen LogP contribution in [0.5, 0.6) is 0 Å². The van der Waals surface area contributed by atoms with E-state index in [1.165, 1.54) is 0 Å². The average Bonchev–Trinajstić information content (AvgIpc) is 2.50. The van der Waals surface area contributed by atoms with Crippen molar-refractivity contribution in [3.63, 3.8) is 0 Å². The SMILES string of the molecule is Cc1cc(C)c2c(c1)c(C(=O)C(=O)O)c(C)n2C. The zero-order chi connectivity index (χ0) is 13.6. The highest BCUT2D eigenvalue weighted by Gasteiger charge is 2.24. The summed E-state index contributed by atoms with van der Waals surface area (Å²) in [4.78, 5) is 22.7. The molecule has 0 spiro atoms. The maximum Gasteiger partial charge on any atom is 0.377 e. The molecular formula is C14H15NO3. The summed E-state index contributed by atoms with van der Waals surface area (Å²) in [6.07, 6.45) is 0. The number of aliphatic carboxylic acids is 1. The van der Waals surface area contributed by atoms with Gasteiger partial charge in [-0.25, -0.2) is 4.79 Å². The number of fused-ring (bicyclic) bond motifs is 1. The molecule has 0 aliphatic carbocycles. The second kappa shape index (κ2) is 3.98. The molecule has 2 rings (SSSR count). The lowest BCUT2D eigenvalue weighted by molar-refractivity contribution is -0.131. The number of hydrogen-bond donors (Lipinski definition) is 1. The Balaban J connectivity index is 2.94. The largest absolute Gasteiger partial charge is 0.475 e. The van der Waals surface area contributed by atoms with Crippen LogP contribution < -0.4 is 0 Å². The number of Topliss-reactive ketones (excluding diaryl/α,β-unsaturated/α-hetero) is 1. The molecule has 0 atom stereocenters. The van der Waals surface area contributed by atoms with E-state index in [0.29, 0.717) is 11.3 Å². The number of rotatable bonds is 2. The van der Waals surface area contributed by atoms with Crippen molar-refractivity contribution in [2.24, 2.45) is 7.05 Å². The molecule has 2 aromatic rings. The van der Waals surface area contributed by atoms with E-state index in [2.05, 4.69) is 0 Å². The summed E-state index contributed by atoms with van der Waals surface area (Å²) in [5, 5.41) is 9.63. The highest BCUT2D eigenvalue weighted by atomic mass is 16.4. The predicted molar refractivity (Wildman–Crippen MR) is 69.1 cm³/mol. The quantitative estimate of drug-likeness (QED) is 0.652. The van der Waals surface area contributed by atoms with E-state index >= 15 is 0 Å². The van der Waals surface area contributed by atoms with E-state index in [1.807, 2.05) is 37.6 Å². The summed E-state index contributed by atoms with van der Waals surface area (Å²) >= 11 is 0. The van der Waals surface area contributed by atoms with Gasteiger partial charge in [0.1, 0.15) is 0 Å². The van der Waals surface area contributed by atoms with Crippen LogP contribution in [0, 0.1) is 20.8 Å². The van der Waals surface area contributed by atoms with Gasteiger partial charge in [0, 0.05) is 18.1 Å². The van der Waals surface area contributed by atoms with E-state index in [4.69, 9.17) is 5.11 Å². The van der Waals surface area contributed by atoms with Gasteiger partial charge in [0.25, 0.3) is 5.78 Å². The van der Waals surface area contributed by atoms with E-state index in [-0.39, 0.29) is 0 Å². The highest BCUT2D eigenvalue weighted by molar-refractivity contribution is 6.42.